The zero-order valence-corrected chi connectivity index (χ0v) is 19.0. The van der Waals surface area contributed by atoms with Crippen molar-refractivity contribution in [3.05, 3.63) is 66.7 Å². The van der Waals surface area contributed by atoms with Crippen LogP contribution in [0.25, 0.3) is 0 Å². The van der Waals surface area contributed by atoms with E-state index in [1.165, 1.54) is 19.2 Å². The molecule has 27 heavy (non-hydrogen) atoms. The van der Waals surface area contributed by atoms with Gasteiger partial charge in [0.15, 0.2) is 0 Å². The average Bonchev–Trinajstić information content (AvgIpc) is 2.79. The van der Waals surface area contributed by atoms with Crippen molar-refractivity contribution < 1.29 is 13.2 Å². The lowest BCUT2D eigenvalue weighted by atomic mass is 10.4. The van der Waals surface area contributed by atoms with E-state index in [-0.39, 0.29) is 11.3 Å². The Bertz CT molecular complexity index is 615. The first kappa shape index (κ1) is 29.6. The molecule has 0 aliphatic carbocycles. The predicted molar refractivity (Wildman–Crippen MR) is 117 cm³/mol. The highest BCUT2D eigenvalue weighted by Gasteiger charge is 2.23. The van der Waals surface area contributed by atoms with Crippen LogP contribution in [-0.4, -0.2) is 25.7 Å². The molecule has 154 valence electrons. The molecule has 0 aromatic heterocycles. The molecule has 2 aromatic rings. The second kappa shape index (κ2) is 20.2. The van der Waals surface area contributed by atoms with Gasteiger partial charge in [-0.2, -0.15) is 0 Å². The lowest BCUT2D eigenvalue weighted by Crippen LogP contribution is -2.32. The zero-order valence-electron chi connectivity index (χ0n) is 18.1. The molecule has 0 saturated carbocycles. The maximum atomic E-state index is 11.8. The molecule has 0 saturated heterocycles. The summed E-state index contributed by atoms with van der Waals surface area (Å²) in [5.41, 5.74) is 0. The van der Waals surface area contributed by atoms with Gasteiger partial charge in [0.25, 0.3) is 10.0 Å². The van der Waals surface area contributed by atoms with Crippen LogP contribution in [-0.2, 0) is 14.8 Å². The summed E-state index contributed by atoms with van der Waals surface area (Å²) in [5.74, 6) is -0.418. The number of sulfonamides is 1. The van der Waals surface area contributed by atoms with Gasteiger partial charge < -0.3 is 0 Å². The molecule has 0 aliphatic rings. The van der Waals surface area contributed by atoms with Crippen molar-refractivity contribution in [1.29, 1.82) is 0 Å². The van der Waals surface area contributed by atoms with E-state index >= 15 is 0 Å². The largest absolute Gasteiger partial charge is 0.274 e. The van der Waals surface area contributed by atoms with Crippen LogP contribution < -0.4 is 0 Å². The minimum Gasteiger partial charge on any atom is -0.274 e. The number of carbonyl (C=O) groups excluding carboxylic acids is 1. The molecular formula is C22H37NO3S. The number of hydrogen-bond donors (Lipinski definition) is 0. The minimum atomic E-state index is -3.67. The van der Waals surface area contributed by atoms with E-state index in [1.807, 2.05) is 77.9 Å². The van der Waals surface area contributed by atoms with Crippen molar-refractivity contribution in [3.8, 4) is 0 Å². The summed E-state index contributed by atoms with van der Waals surface area (Å²) < 4.78 is 24.5. The van der Waals surface area contributed by atoms with Crippen molar-refractivity contribution in [2.75, 3.05) is 7.05 Å². The highest BCUT2D eigenvalue weighted by Crippen LogP contribution is 2.13. The van der Waals surface area contributed by atoms with Crippen LogP contribution >= 0.6 is 0 Å². The van der Waals surface area contributed by atoms with Crippen LogP contribution in [0.5, 0.6) is 0 Å². The molecule has 4 nitrogen and oxygen atoms in total. The van der Waals surface area contributed by atoms with Crippen LogP contribution in [0, 0.1) is 0 Å². The van der Waals surface area contributed by atoms with Gasteiger partial charge in [0.05, 0.1) is 4.90 Å². The summed E-state index contributed by atoms with van der Waals surface area (Å²) in [5, 5.41) is 0. The lowest BCUT2D eigenvalue weighted by molar-refractivity contribution is -0.125. The van der Waals surface area contributed by atoms with Gasteiger partial charge in [0.1, 0.15) is 0 Å². The van der Waals surface area contributed by atoms with Gasteiger partial charge >= 0.3 is 0 Å². The van der Waals surface area contributed by atoms with Gasteiger partial charge in [-0.15, -0.1) is 0 Å². The Morgan fingerprint density at radius 1 is 0.741 bits per heavy atom. The van der Waals surface area contributed by atoms with Crippen LogP contribution in [0.3, 0.4) is 0 Å². The summed E-state index contributed by atoms with van der Waals surface area (Å²) in [6.07, 6.45) is 0.169. The van der Waals surface area contributed by atoms with Crippen LogP contribution in [0.4, 0.5) is 0 Å². The molecule has 2 rings (SSSR count). The van der Waals surface area contributed by atoms with Crippen LogP contribution in [0.15, 0.2) is 71.6 Å². The summed E-state index contributed by atoms with van der Waals surface area (Å²) in [6, 6.07) is 19.9. The van der Waals surface area contributed by atoms with E-state index in [0.717, 1.165) is 4.31 Å². The molecule has 0 heterocycles. The van der Waals surface area contributed by atoms with Crippen LogP contribution in [0.1, 0.15) is 54.9 Å². The third kappa shape index (κ3) is 12.8. The van der Waals surface area contributed by atoms with Gasteiger partial charge in [-0.25, -0.2) is 12.7 Å². The summed E-state index contributed by atoms with van der Waals surface area (Å²) >= 11 is 0. The Morgan fingerprint density at radius 2 is 1.04 bits per heavy atom. The topological polar surface area (TPSA) is 54.5 Å². The smallest absolute Gasteiger partial charge is 0.266 e. The Morgan fingerprint density at radius 3 is 1.33 bits per heavy atom. The molecule has 0 radical (unpaired) electrons. The van der Waals surface area contributed by atoms with E-state index < -0.39 is 15.9 Å². The van der Waals surface area contributed by atoms with Crippen molar-refractivity contribution in [2.24, 2.45) is 0 Å². The van der Waals surface area contributed by atoms with Crippen molar-refractivity contribution in [2.45, 2.75) is 59.8 Å². The molecule has 0 N–H and O–H groups in total. The molecular weight excluding hydrogens is 358 g/mol. The van der Waals surface area contributed by atoms with E-state index in [4.69, 9.17) is 0 Å². The number of benzene rings is 2. The normalized spacial score (nSPS) is 8.59. The second-order valence-corrected chi connectivity index (χ2v) is 6.16. The molecule has 0 bridgehead atoms. The first-order valence-electron chi connectivity index (χ1n) is 9.57. The SMILES string of the molecule is CC.CC.CC.CCC(=O)N(C)S(=O)(=O)c1ccccc1.c1ccccc1. The van der Waals surface area contributed by atoms with Crippen molar-refractivity contribution >= 4 is 15.9 Å². The molecule has 2 aromatic carbocycles. The summed E-state index contributed by atoms with van der Waals surface area (Å²) in [6.45, 7) is 13.6. The molecule has 0 atom stereocenters. The predicted octanol–water partition coefficient (Wildman–Crippen LogP) is 6.01. The fourth-order valence-corrected chi connectivity index (χ4v) is 2.71. The number of amides is 1. The van der Waals surface area contributed by atoms with Crippen molar-refractivity contribution in [1.82, 2.24) is 4.31 Å². The van der Waals surface area contributed by atoms with Crippen LogP contribution in [0.2, 0.25) is 0 Å². The monoisotopic (exact) mass is 395 g/mol. The van der Waals surface area contributed by atoms with E-state index in [2.05, 4.69) is 0 Å². The molecule has 0 unspecified atom stereocenters. The second-order valence-electron chi connectivity index (χ2n) is 4.19. The number of hydrogen-bond acceptors (Lipinski definition) is 3. The molecule has 5 heteroatoms. The van der Waals surface area contributed by atoms with Crippen molar-refractivity contribution in [3.63, 3.8) is 0 Å². The fraction of sp³-hybridized carbons (Fsp3) is 0.409. The highest BCUT2D eigenvalue weighted by molar-refractivity contribution is 7.89. The van der Waals surface area contributed by atoms with E-state index in [0.29, 0.717) is 0 Å². The fourth-order valence-electron chi connectivity index (χ4n) is 1.49. The molecule has 0 aliphatic heterocycles. The number of nitrogens with zero attached hydrogens (tertiary/aromatic N) is 1. The Kier molecular flexibility index (Phi) is 22.1. The first-order chi connectivity index (χ1) is 13.0. The van der Waals surface area contributed by atoms with Gasteiger partial charge in [-0.3, -0.25) is 4.79 Å². The Balaban J connectivity index is -0.000000397. The quantitative estimate of drug-likeness (QED) is 0.639. The van der Waals surface area contributed by atoms with Gasteiger partial charge in [0.2, 0.25) is 5.91 Å². The lowest BCUT2D eigenvalue weighted by Gasteiger charge is -2.16. The third-order valence-corrected chi connectivity index (χ3v) is 4.51. The molecule has 1 amide bonds. The third-order valence-electron chi connectivity index (χ3n) is 2.72. The standard InChI is InChI=1S/C10H13NO3S.C6H6.3C2H6/c1-3-10(12)11(2)15(13,14)9-7-5-4-6-8-9;1-2-4-6-5-3-1;3*1-2/h4-8H,3H2,1-2H3;1-6H;3*1-2H3. The number of carbonyl (C=O) groups is 1. The maximum absolute atomic E-state index is 11.8. The highest BCUT2D eigenvalue weighted by atomic mass is 32.2. The van der Waals surface area contributed by atoms with Gasteiger partial charge in [-0.1, -0.05) is 103 Å². The maximum Gasteiger partial charge on any atom is 0.266 e. The summed E-state index contributed by atoms with van der Waals surface area (Å²) in [4.78, 5) is 11.4. The Labute approximate surface area is 167 Å². The van der Waals surface area contributed by atoms with E-state index in [1.54, 1.807) is 25.1 Å². The van der Waals surface area contributed by atoms with E-state index in [9.17, 15) is 13.2 Å². The zero-order chi connectivity index (χ0) is 21.7. The minimum absolute atomic E-state index is 0.134. The molecule has 0 fully saturated rings. The number of rotatable bonds is 3. The van der Waals surface area contributed by atoms with Gasteiger partial charge in [0, 0.05) is 13.5 Å². The Hall–Kier alpha value is -2.14. The summed E-state index contributed by atoms with van der Waals surface area (Å²) in [7, 11) is -2.39. The first-order valence-corrected chi connectivity index (χ1v) is 11.0. The van der Waals surface area contributed by atoms with Gasteiger partial charge in [-0.05, 0) is 12.1 Å². The average molecular weight is 396 g/mol. The molecule has 0 spiro atoms.